The highest BCUT2D eigenvalue weighted by Gasteiger charge is 2.21. The first-order valence-electron chi connectivity index (χ1n) is 11.4. The lowest BCUT2D eigenvalue weighted by Gasteiger charge is -2.35. The number of nitrogens with zero attached hydrogens (tertiary/aromatic N) is 4. The second-order valence-corrected chi connectivity index (χ2v) is 8.50. The number of piperazine rings is 1. The van der Waals surface area contributed by atoms with Gasteiger partial charge < -0.3 is 19.9 Å². The number of amides is 1. The zero-order valence-corrected chi connectivity index (χ0v) is 19.6. The van der Waals surface area contributed by atoms with Crippen LogP contribution in [0.5, 0.6) is 5.75 Å². The van der Waals surface area contributed by atoms with Gasteiger partial charge in [-0.05, 0) is 42.9 Å². The minimum atomic E-state index is -0.0812. The standard InChI is InChI=1S/C26H28N6O2/c1-27-26(33)19-9-8-17(15-22(19)32-12-10-31(2)11-13-32)18-14-21-24(29-30-25(21)28-16-18)20-6-4-5-7-23(20)34-3/h4-9,14-16H,10-13H2,1-3H3,(H,27,33)(H,28,29,30). The zero-order chi connectivity index (χ0) is 23.7. The molecule has 1 aliphatic rings. The number of methoxy groups -OCH3 is 1. The summed E-state index contributed by atoms with van der Waals surface area (Å²) >= 11 is 0. The average Bonchev–Trinajstić information content (AvgIpc) is 3.31. The molecule has 1 amide bonds. The Balaban J connectivity index is 1.59. The summed E-state index contributed by atoms with van der Waals surface area (Å²) in [5.74, 6) is 0.688. The molecule has 0 unspecified atom stereocenters. The van der Waals surface area contributed by atoms with E-state index in [4.69, 9.17) is 4.74 Å². The third kappa shape index (κ3) is 3.97. The molecule has 1 saturated heterocycles. The molecule has 4 aromatic rings. The minimum Gasteiger partial charge on any atom is -0.496 e. The number of hydrogen-bond acceptors (Lipinski definition) is 6. The van der Waals surface area contributed by atoms with Crippen LogP contribution in [0.15, 0.2) is 54.7 Å². The quantitative estimate of drug-likeness (QED) is 0.479. The number of hydrogen-bond donors (Lipinski definition) is 2. The Labute approximate surface area is 198 Å². The van der Waals surface area contributed by atoms with Gasteiger partial charge in [-0.15, -0.1) is 0 Å². The maximum atomic E-state index is 12.6. The van der Waals surface area contributed by atoms with E-state index in [-0.39, 0.29) is 5.91 Å². The van der Waals surface area contributed by atoms with Gasteiger partial charge in [-0.2, -0.15) is 5.10 Å². The highest BCUT2D eigenvalue weighted by atomic mass is 16.5. The molecule has 0 bridgehead atoms. The van der Waals surface area contributed by atoms with Crippen LogP contribution in [0.4, 0.5) is 5.69 Å². The highest BCUT2D eigenvalue weighted by Crippen LogP contribution is 2.35. The number of para-hydroxylation sites is 1. The number of likely N-dealkylation sites (N-methyl/N-ethyl adjacent to an activating group) is 1. The number of ether oxygens (including phenoxy) is 1. The molecule has 0 radical (unpaired) electrons. The van der Waals surface area contributed by atoms with E-state index in [0.29, 0.717) is 11.2 Å². The Morgan fingerprint density at radius 2 is 1.85 bits per heavy atom. The summed E-state index contributed by atoms with van der Waals surface area (Å²) in [6.07, 6.45) is 1.83. The first kappa shape index (κ1) is 21.9. The molecule has 5 rings (SSSR count). The van der Waals surface area contributed by atoms with E-state index in [2.05, 4.69) is 49.5 Å². The van der Waals surface area contributed by atoms with Crippen molar-refractivity contribution in [2.24, 2.45) is 0 Å². The fraction of sp³-hybridized carbons (Fsp3) is 0.269. The number of anilines is 1. The Morgan fingerprint density at radius 3 is 2.62 bits per heavy atom. The van der Waals surface area contributed by atoms with Crippen molar-refractivity contribution < 1.29 is 9.53 Å². The molecule has 8 heteroatoms. The van der Waals surface area contributed by atoms with Crippen molar-refractivity contribution in [3.05, 3.63) is 60.3 Å². The molecule has 2 N–H and O–H groups in total. The van der Waals surface area contributed by atoms with E-state index in [0.717, 1.165) is 65.4 Å². The lowest BCUT2D eigenvalue weighted by Crippen LogP contribution is -2.45. The van der Waals surface area contributed by atoms with E-state index < -0.39 is 0 Å². The topological polar surface area (TPSA) is 86.4 Å². The third-order valence-corrected chi connectivity index (χ3v) is 6.43. The maximum Gasteiger partial charge on any atom is 0.253 e. The second kappa shape index (κ2) is 9.15. The number of nitrogens with one attached hydrogen (secondary N) is 2. The summed E-state index contributed by atoms with van der Waals surface area (Å²) in [6.45, 7) is 3.67. The van der Waals surface area contributed by atoms with Crippen molar-refractivity contribution in [3.8, 4) is 28.1 Å². The lowest BCUT2D eigenvalue weighted by molar-refractivity contribution is 0.0963. The Hall–Kier alpha value is -3.91. The van der Waals surface area contributed by atoms with Gasteiger partial charge in [0.05, 0.1) is 24.1 Å². The molecular formula is C26H28N6O2. The number of aromatic amines is 1. The van der Waals surface area contributed by atoms with Crippen LogP contribution in [-0.4, -0.2) is 73.4 Å². The van der Waals surface area contributed by atoms with Crippen LogP contribution in [-0.2, 0) is 0 Å². The SMILES string of the molecule is CNC(=O)c1ccc(-c2cnc3n[nH]c(-c4ccccc4OC)c3c2)cc1N1CCN(C)CC1. The van der Waals surface area contributed by atoms with E-state index in [9.17, 15) is 4.79 Å². The first-order valence-corrected chi connectivity index (χ1v) is 11.4. The van der Waals surface area contributed by atoms with Gasteiger partial charge in [-0.3, -0.25) is 9.89 Å². The van der Waals surface area contributed by atoms with Gasteiger partial charge in [0.1, 0.15) is 5.75 Å². The third-order valence-electron chi connectivity index (χ3n) is 6.43. The fourth-order valence-corrected chi connectivity index (χ4v) is 4.46. The Bertz CT molecular complexity index is 1340. The predicted octanol–water partition coefficient (Wildman–Crippen LogP) is 3.41. The summed E-state index contributed by atoms with van der Waals surface area (Å²) in [5, 5.41) is 11.2. The zero-order valence-electron chi connectivity index (χ0n) is 19.6. The van der Waals surface area contributed by atoms with E-state index in [1.807, 2.05) is 42.6 Å². The lowest BCUT2D eigenvalue weighted by atomic mass is 10.00. The van der Waals surface area contributed by atoms with Crippen molar-refractivity contribution in [3.63, 3.8) is 0 Å². The van der Waals surface area contributed by atoms with Crippen molar-refractivity contribution in [2.45, 2.75) is 0 Å². The number of rotatable bonds is 5. The average molecular weight is 457 g/mol. The minimum absolute atomic E-state index is 0.0812. The number of benzene rings is 2. The number of fused-ring (bicyclic) bond motifs is 1. The van der Waals surface area contributed by atoms with Crippen molar-refractivity contribution in [1.29, 1.82) is 0 Å². The van der Waals surface area contributed by atoms with E-state index >= 15 is 0 Å². The Morgan fingerprint density at radius 1 is 1.06 bits per heavy atom. The molecule has 2 aromatic heterocycles. The number of carbonyl (C=O) groups excluding carboxylic acids is 1. The monoisotopic (exact) mass is 456 g/mol. The van der Waals surface area contributed by atoms with Crippen LogP contribution in [0.3, 0.4) is 0 Å². The molecule has 0 aliphatic carbocycles. The van der Waals surface area contributed by atoms with E-state index in [1.165, 1.54) is 0 Å². The largest absolute Gasteiger partial charge is 0.496 e. The van der Waals surface area contributed by atoms with Crippen LogP contribution in [0.2, 0.25) is 0 Å². The molecule has 0 saturated carbocycles. The van der Waals surface area contributed by atoms with E-state index in [1.54, 1.807) is 14.2 Å². The number of aromatic nitrogens is 3. The van der Waals surface area contributed by atoms with Crippen molar-refractivity contribution in [2.75, 3.05) is 52.3 Å². The Kier molecular flexibility index (Phi) is 5.90. The van der Waals surface area contributed by atoms with Gasteiger partial charge in [0.15, 0.2) is 5.65 Å². The summed E-state index contributed by atoms with van der Waals surface area (Å²) in [7, 11) is 5.45. The number of pyridine rings is 1. The van der Waals surface area contributed by atoms with Gasteiger partial charge in [-0.25, -0.2) is 4.98 Å². The summed E-state index contributed by atoms with van der Waals surface area (Å²) in [5.41, 5.74) is 6.03. The number of carbonyl (C=O) groups is 1. The fourth-order valence-electron chi connectivity index (χ4n) is 4.46. The maximum absolute atomic E-state index is 12.6. The molecule has 0 spiro atoms. The molecule has 1 fully saturated rings. The second-order valence-electron chi connectivity index (χ2n) is 8.50. The van der Waals surface area contributed by atoms with Crippen LogP contribution >= 0.6 is 0 Å². The van der Waals surface area contributed by atoms with Crippen molar-refractivity contribution in [1.82, 2.24) is 25.4 Å². The normalized spacial score (nSPS) is 14.4. The van der Waals surface area contributed by atoms with Gasteiger partial charge in [0, 0.05) is 55.9 Å². The molecule has 0 atom stereocenters. The van der Waals surface area contributed by atoms with Crippen LogP contribution in [0.25, 0.3) is 33.4 Å². The van der Waals surface area contributed by atoms with Gasteiger partial charge in [0.2, 0.25) is 0 Å². The van der Waals surface area contributed by atoms with Crippen molar-refractivity contribution >= 4 is 22.6 Å². The molecule has 8 nitrogen and oxygen atoms in total. The summed E-state index contributed by atoms with van der Waals surface area (Å²) in [4.78, 5) is 21.8. The summed E-state index contributed by atoms with van der Waals surface area (Å²) in [6, 6.07) is 15.9. The first-order chi connectivity index (χ1) is 16.6. The van der Waals surface area contributed by atoms with Gasteiger partial charge >= 0.3 is 0 Å². The molecule has 3 heterocycles. The van der Waals surface area contributed by atoms with Crippen LogP contribution in [0.1, 0.15) is 10.4 Å². The molecular weight excluding hydrogens is 428 g/mol. The molecule has 174 valence electrons. The van der Waals surface area contributed by atoms with Gasteiger partial charge in [-0.1, -0.05) is 18.2 Å². The smallest absolute Gasteiger partial charge is 0.253 e. The van der Waals surface area contributed by atoms with Crippen LogP contribution < -0.4 is 15.0 Å². The predicted molar refractivity (Wildman–Crippen MR) is 134 cm³/mol. The summed E-state index contributed by atoms with van der Waals surface area (Å²) < 4.78 is 5.55. The van der Waals surface area contributed by atoms with Crippen LogP contribution in [0, 0.1) is 0 Å². The molecule has 1 aliphatic heterocycles. The number of H-pyrrole nitrogens is 1. The van der Waals surface area contributed by atoms with Gasteiger partial charge in [0.25, 0.3) is 5.91 Å². The molecule has 34 heavy (non-hydrogen) atoms. The highest BCUT2D eigenvalue weighted by molar-refractivity contribution is 6.01. The molecule has 2 aromatic carbocycles.